The average molecular weight is 449 g/mol. The van der Waals surface area contributed by atoms with E-state index in [2.05, 4.69) is 20.5 Å². The number of rotatable bonds is 7. The predicted molar refractivity (Wildman–Crippen MR) is 108 cm³/mol. The number of nitrogens with zero attached hydrogens (tertiary/aromatic N) is 4. The molecule has 0 spiro atoms. The summed E-state index contributed by atoms with van der Waals surface area (Å²) in [6, 6.07) is 12.5. The van der Waals surface area contributed by atoms with Crippen molar-refractivity contribution < 1.29 is 18.0 Å². The Kier molecular flexibility index (Phi) is 6.00. The Bertz CT molecular complexity index is 1180. The molecule has 0 bridgehead atoms. The van der Waals surface area contributed by atoms with E-state index in [1.807, 2.05) is 0 Å². The van der Waals surface area contributed by atoms with Gasteiger partial charge >= 0.3 is 6.55 Å². The van der Waals surface area contributed by atoms with Gasteiger partial charge in [0.1, 0.15) is 10.8 Å². The molecule has 0 aliphatic heterocycles. The number of imidazole rings is 1. The van der Waals surface area contributed by atoms with E-state index in [9.17, 15) is 18.0 Å². The third-order valence-corrected chi connectivity index (χ3v) is 6.18. The first kappa shape index (κ1) is 20.4. The van der Waals surface area contributed by atoms with Crippen LogP contribution < -0.4 is 5.32 Å². The molecule has 0 aliphatic carbocycles. The van der Waals surface area contributed by atoms with Crippen molar-refractivity contribution in [1.29, 1.82) is 0 Å². The molecule has 0 aliphatic rings. The molecule has 0 radical (unpaired) electrons. The number of fused-ring (bicyclic) bond motifs is 1. The summed E-state index contributed by atoms with van der Waals surface area (Å²) in [6.45, 7) is -2.50. The number of halogens is 3. The molecule has 0 saturated heterocycles. The summed E-state index contributed by atoms with van der Waals surface area (Å²) in [5, 5.41) is 11.4. The van der Waals surface area contributed by atoms with E-state index in [1.54, 1.807) is 36.4 Å². The summed E-state index contributed by atoms with van der Waals surface area (Å²) in [7, 11) is 0. The molecular formula is C19H14F3N5OS2. The standard InChI is InChI=1S/C19H14F3N5OS2/c20-12-7-5-11(6-8-12)9-23-16(28)17-26-25-15(30-17)10-29-19-24-13-3-1-2-4-14(13)27(19)18(21)22/h1-8,18H,9-10H2,(H,23,28). The van der Waals surface area contributed by atoms with Crippen LogP contribution in [0.5, 0.6) is 0 Å². The number of alkyl halides is 2. The molecule has 2 aromatic carbocycles. The van der Waals surface area contributed by atoms with E-state index in [0.29, 0.717) is 16.0 Å². The third kappa shape index (κ3) is 4.46. The fourth-order valence-electron chi connectivity index (χ4n) is 2.70. The van der Waals surface area contributed by atoms with Crippen molar-refractivity contribution in [3.8, 4) is 0 Å². The molecule has 30 heavy (non-hydrogen) atoms. The number of carbonyl (C=O) groups excluding carboxylic acids is 1. The zero-order chi connectivity index (χ0) is 21.1. The first-order valence-electron chi connectivity index (χ1n) is 8.74. The van der Waals surface area contributed by atoms with Crippen LogP contribution in [0.1, 0.15) is 26.9 Å². The minimum atomic E-state index is -2.72. The van der Waals surface area contributed by atoms with E-state index in [0.717, 1.165) is 33.2 Å². The van der Waals surface area contributed by atoms with Gasteiger partial charge < -0.3 is 5.32 Å². The second kappa shape index (κ2) is 8.84. The molecule has 11 heteroatoms. The zero-order valence-corrected chi connectivity index (χ0v) is 16.9. The monoisotopic (exact) mass is 449 g/mol. The van der Waals surface area contributed by atoms with Crippen molar-refractivity contribution in [2.24, 2.45) is 0 Å². The normalized spacial score (nSPS) is 11.3. The number of nitrogens with one attached hydrogen (secondary N) is 1. The lowest BCUT2D eigenvalue weighted by Crippen LogP contribution is -2.22. The third-order valence-electron chi connectivity index (χ3n) is 4.11. The smallest absolute Gasteiger partial charge is 0.321 e. The zero-order valence-electron chi connectivity index (χ0n) is 15.3. The van der Waals surface area contributed by atoms with Gasteiger partial charge in [0.25, 0.3) is 5.91 Å². The molecule has 2 aromatic heterocycles. The number of aromatic nitrogens is 4. The van der Waals surface area contributed by atoms with Gasteiger partial charge in [0.05, 0.1) is 16.8 Å². The lowest BCUT2D eigenvalue weighted by molar-refractivity contribution is 0.0656. The van der Waals surface area contributed by atoms with Gasteiger partial charge in [0, 0.05) is 6.54 Å². The highest BCUT2D eigenvalue weighted by Crippen LogP contribution is 2.31. The highest BCUT2D eigenvalue weighted by molar-refractivity contribution is 7.98. The van der Waals surface area contributed by atoms with Gasteiger partial charge in [-0.25, -0.2) is 9.37 Å². The molecular weight excluding hydrogens is 435 g/mol. The Labute approximate surface area is 177 Å². The topological polar surface area (TPSA) is 72.7 Å². The maximum atomic E-state index is 13.5. The van der Waals surface area contributed by atoms with Crippen LogP contribution in [0.15, 0.2) is 53.7 Å². The molecule has 4 aromatic rings. The maximum absolute atomic E-state index is 13.5. The van der Waals surface area contributed by atoms with Crippen LogP contribution in [0.2, 0.25) is 0 Å². The average Bonchev–Trinajstić information content (AvgIpc) is 3.36. The Balaban J connectivity index is 1.40. The maximum Gasteiger partial charge on any atom is 0.321 e. The van der Waals surface area contributed by atoms with E-state index in [-0.39, 0.29) is 28.3 Å². The Morgan fingerprint density at radius 2 is 1.90 bits per heavy atom. The summed E-state index contributed by atoms with van der Waals surface area (Å²) in [4.78, 5) is 16.5. The van der Waals surface area contributed by atoms with E-state index < -0.39 is 12.5 Å². The van der Waals surface area contributed by atoms with Gasteiger partial charge in [0.15, 0.2) is 5.16 Å². The van der Waals surface area contributed by atoms with Crippen LogP contribution >= 0.6 is 23.1 Å². The summed E-state index contributed by atoms with van der Waals surface area (Å²) in [5.41, 5.74) is 1.59. The Hall–Kier alpha value is -2.92. The highest BCUT2D eigenvalue weighted by Gasteiger charge is 2.19. The van der Waals surface area contributed by atoms with Crippen molar-refractivity contribution >= 4 is 40.0 Å². The molecule has 4 rings (SSSR count). The molecule has 0 fully saturated rings. The molecule has 0 unspecified atom stereocenters. The lowest BCUT2D eigenvalue weighted by Gasteiger charge is -2.06. The summed E-state index contributed by atoms with van der Waals surface area (Å²) < 4.78 is 40.8. The lowest BCUT2D eigenvalue weighted by atomic mass is 10.2. The second-order valence-electron chi connectivity index (χ2n) is 6.13. The van der Waals surface area contributed by atoms with Gasteiger partial charge in [-0.15, -0.1) is 10.2 Å². The van der Waals surface area contributed by atoms with Crippen LogP contribution in [0.4, 0.5) is 13.2 Å². The van der Waals surface area contributed by atoms with Gasteiger partial charge in [-0.3, -0.25) is 9.36 Å². The first-order chi connectivity index (χ1) is 14.5. The van der Waals surface area contributed by atoms with Crippen LogP contribution in [-0.2, 0) is 12.3 Å². The van der Waals surface area contributed by atoms with Crippen LogP contribution in [0, 0.1) is 5.82 Å². The number of para-hydroxylation sites is 2. The van der Waals surface area contributed by atoms with Crippen molar-refractivity contribution in [2.75, 3.05) is 0 Å². The number of amides is 1. The van der Waals surface area contributed by atoms with E-state index in [4.69, 9.17) is 0 Å². The number of hydrogen-bond donors (Lipinski definition) is 1. The minimum Gasteiger partial charge on any atom is -0.346 e. The minimum absolute atomic E-state index is 0.162. The number of carbonyl (C=O) groups is 1. The molecule has 2 heterocycles. The Morgan fingerprint density at radius 3 is 2.67 bits per heavy atom. The summed E-state index contributed by atoms with van der Waals surface area (Å²) in [6.07, 6.45) is 0. The SMILES string of the molecule is O=C(NCc1ccc(F)cc1)c1nnc(CSc2nc3ccccc3n2C(F)F)s1. The fraction of sp³-hybridized carbons (Fsp3) is 0.158. The number of benzene rings is 2. The largest absolute Gasteiger partial charge is 0.346 e. The van der Waals surface area contributed by atoms with Gasteiger partial charge in [-0.05, 0) is 29.8 Å². The predicted octanol–water partition coefficient (Wildman–Crippen LogP) is 4.64. The fourth-order valence-corrected chi connectivity index (χ4v) is 4.46. The molecule has 6 nitrogen and oxygen atoms in total. The van der Waals surface area contributed by atoms with E-state index in [1.165, 1.54) is 12.1 Å². The summed E-state index contributed by atoms with van der Waals surface area (Å²) >= 11 is 2.18. The van der Waals surface area contributed by atoms with Crippen molar-refractivity contribution in [3.63, 3.8) is 0 Å². The van der Waals surface area contributed by atoms with Crippen molar-refractivity contribution in [2.45, 2.75) is 24.0 Å². The number of thioether (sulfide) groups is 1. The van der Waals surface area contributed by atoms with Crippen LogP contribution in [0.3, 0.4) is 0 Å². The van der Waals surface area contributed by atoms with Crippen LogP contribution in [0.25, 0.3) is 11.0 Å². The summed E-state index contributed by atoms with van der Waals surface area (Å²) in [5.74, 6) is -0.511. The highest BCUT2D eigenvalue weighted by atomic mass is 32.2. The Morgan fingerprint density at radius 1 is 1.13 bits per heavy atom. The van der Waals surface area contributed by atoms with Gasteiger partial charge in [-0.2, -0.15) is 8.78 Å². The van der Waals surface area contributed by atoms with Gasteiger partial charge in [-0.1, -0.05) is 47.4 Å². The van der Waals surface area contributed by atoms with Crippen molar-refractivity contribution in [3.05, 3.63) is 69.9 Å². The van der Waals surface area contributed by atoms with Crippen molar-refractivity contribution in [1.82, 2.24) is 25.1 Å². The second-order valence-corrected chi connectivity index (χ2v) is 8.13. The molecule has 0 saturated carbocycles. The van der Waals surface area contributed by atoms with Gasteiger partial charge in [0.2, 0.25) is 5.01 Å². The first-order valence-corrected chi connectivity index (χ1v) is 10.5. The molecule has 1 N–H and O–H groups in total. The molecule has 154 valence electrons. The molecule has 0 atom stereocenters. The molecule has 1 amide bonds. The number of hydrogen-bond acceptors (Lipinski definition) is 6. The quantitative estimate of drug-likeness (QED) is 0.416. The van der Waals surface area contributed by atoms with Crippen LogP contribution in [-0.4, -0.2) is 25.7 Å². The van der Waals surface area contributed by atoms with E-state index >= 15 is 0 Å².